The van der Waals surface area contributed by atoms with Crippen molar-refractivity contribution >= 4 is 51.2 Å². The predicted octanol–water partition coefficient (Wildman–Crippen LogP) is 4.97. The molecular formula is C22H25ClN4O2S2. The van der Waals surface area contributed by atoms with E-state index in [0.717, 1.165) is 35.7 Å². The van der Waals surface area contributed by atoms with Gasteiger partial charge in [-0.15, -0.1) is 11.3 Å². The third-order valence-corrected chi connectivity index (χ3v) is 6.61. The molecule has 0 aliphatic heterocycles. The first-order chi connectivity index (χ1) is 14.9. The molecule has 3 rings (SSSR count). The summed E-state index contributed by atoms with van der Waals surface area (Å²) >= 11 is 13.1. The fourth-order valence-electron chi connectivity index (χ4n) is 3.15. The van der Waals surface area contributed by atoms with Crippen molar-refractivity contribution < 1.29 is 9.53 Å². The lowest BCUT2D eigenvalue weighted by Gasteiger charge is -2.11. The molecule has 0 saturated carbocycles. The zero-order valence-electron chi connectivity index (χ0n) is 17.7. The fourth-order valence-corrected chi connectivity index (χ4v) is 4.64. The average Bonchev–Trinajstić information content (AvgIpc) is 3.26. The Labute approximate surface area is 196 Å². The number of thiocarbonyl (C=S) groups is 1. The molecule has 0 saturated heterocycles. The summed E-state index contributed by atoms with van der Waals surface area (Å²) in [6.45, 7) is 5.26. The zero-order valence-corrected chi connectivity index (χ0v) is 20.1. The Morgan fingerprint density at radius 1 is 1.29 bits per heavy atom. The molecule has 0 radical (unpaired) electrons. The number of rotatable bonds is 8. The van der Waals surface area contributed by atoms with Crippen molar-refractivity contribution in [1.82, 2.24) is 15.1 Å². The third-order valence-electron chi connectivity index (χ3n) is 4.76. The number of anilines is 1. The van der Waals surface area contributed by atoms with Gasteiger partial charge in [0.25, 0.3) is 0 Å². The van der Waals surface area contributed by atoms with Crippen LogP contribution in [-0.4, -0.2) is 34.5 Å². The van der Waals surface area contributed by atoms with Gasteiger partial charge >= 0.3 is 5.97 Å². The number of halogens is 1. The fraction of sp³-hybridized carbons (Fsp3) is 0.318. The van der Waals surface area contributed by atoms with E-state index in [2.05, 4.69) is 27.9 Å². The van der Waals surface area contributed by atoms with Gasteiger partial charge < -0.3 is 15.4 Å². The van der Waals surface area contributed by atoms with Crippen LogP contribution >= 0.6 is 35.2 Å². The van der Waals surface area contributed by atoms with Crippen LogP contribution in [0.4, 0.5) is 5.00 Å². The smallest absolute Gasteiger partial charge is 0.340 e. The van der Waals surface area contributed by atoms with Crippen molar-refractivity contribution in [3.8, 4) is 0 Å². The first-order valence-electron chi connectivity index (χ1n) is 9.88. The summed E-state index contributed by atoms with van der Waals surface area (Å²) in [6.07, 6.45) is 1.57. The second kappa shape index (κ2) is 10.7. The maximum absolute atomic E-state index is 12.2. The minimum atomic E-state index is -0.387. The van der Waals surface area contributed by atoms with E-state index >= 15 is 0 Å². The molecule has 31 heavy (non-hydrogen) atoms. The van der Waals surface area contributed by atoms with Crippen molar-refractivity contribution in [3.63, 3.8) is 0 Å². The molecule has 0 atom stereocenters. The van der Waals surface area contributed by atoms with Crippen molar-refractivity contribution in [1.29, 1.82) is 0 Å². The number of methoxy groups -OCH3 is 1. The number of nitrogens with zero attached hydrogens (tertiary/aromatic N) is 2. The summed E-state index contributed by atoms with van der Waals surface area (Å²) in [5.41, 5.74) is 3.47. The van der Waals surface area contributed by atoms with Crippen LogP contribution in [-0.2, 0) is 17.7 Å². The average molecular weight is 477 g/mol. The summed E-state index contributed by atoms with van der Waals surface area (Å²) in [5.74, 6) is -0.387. The topological polar surface area (TPSA) is 68.2 Å². The number of aryl methyl sites for hydroxylation is 2. The van der Waals surface area contributed by atoms with Crippen LogP contribution in [0, 0.1) is 13.8 Å². The second-order valence-electron chi connectivity index (χ2n) is 7.05. The van der Waals surface area contributed by atoms with E-state index in [-0.39, 0.29) is 5.97 Å². The molecular weight excluding hydrogens is 452 g/mol. The lowest BCUT2D eigenvalue weighted by molar-refractivity contribution is 0.0602. The van der Waals surface area contributed by atoms with E-state index in [1.807, 2.05) is 42.8 Å². The number of carbonyl (C=O) groups excluding carboxylic acids is 1. The van der Waals surface area contributed by atoms with Gasteiger partial charge in [-0.3, -0.25) is 4.68 Å². The van der Waals surface area contributed by atoms with Gasteiger partial charge in [0, 0.05) is 24.4 Å². The van der Waals surface area contributed by atoms with E-state index in [9.17, 15) is 4.79 Å². The lowest BCUT2D eigenvalue weighted by Crippen LogP contribution is -2.30. The Morgan fingerprint density at radius 2 is 2.03 bits per heavy atom. The molecule has 2 N–H and O–H groups in total. The van der Waals surface area contributed by atoms with Crippen LogP contribution < -0.4 is 10.6 Å². The van der Waals surface area contributed by atoms with E-state index in [4.69, 9.17) is 28.6 Å². The summed E-state index contributed by atoms with van der Waals surface area (Å²) in [5, 5.41) is 12.6. The highest BCUT2D eigenvalue weighted by Crippen LogP contribution is 2.30. The highest BCUT2D eigenvalue weighted by Gasteiger charge is 2.18. The first-order valence-corrected chi connectivity index (χ1v) is 11.5. The van der Waals surface area contributed by atoms with Crippen LogP contribution in [0.5, 0.6) is 0 Å². The Kier molecular flexibility index (Phi) is 8.06. The summed E-state index contributed by atoms with van der Waals surface area (Å²) in [4.78, 5) is 13.3. The van der Waals surface area contributed by atoms with Crippen molar-refractivity contribution in [2.45, 2.75) is 33.2 Å². The van der Waals surface area contributed by atoms with Crippen LogP contribution in [0.15, 0.2) is 36.4 Å². The molecule has 0 aliphatic carbocycles. The highest BCUT2D eigenvalue weighted by atomic mass is 35.5. The largest absolute Gasteiger partial charge is 0.465 e. The Balaban J connectivity index is 1.57. The lowest BCUT2D eigenvalue weighted by atomic mass is 10.1. The van der Waals surface area contributed by atoms with E-state index < -0.39 is 0 Å². The maximum atomic E-state index is 12.2. The standard InChI is InChI=1S/C22H25ClN4O2S2/c1-14-19(23)15(2)27(26-14)11-7-10-24-22(30)25-20-18(21(28)29-3)13-17(31-20)12-16-8-5-4-6-9-16/h4-6,8-9,13H,7,10-12H2,1-3H3,(H2,24,25,30). The van der Waals surface area contributed by atoms with Gasteiger partial charge in [-0.05, 0) is 44.1 Å². The Hall–Kier alpha value is -2.42. The predicted molar refractivity (Wildman–Crippen MR) is 130 cm³/mol. The first kappa shape index (κ1) is 23.2. The molecule has 0 aliphatic rings. The molecule has 0 bridgehead atoms. The maximum Gasteiger partial charge on any atom is 0.340 e. The molecule has 6 nitrogen and oxygen atoms in total. The van der Waals surface area contributed by atoms with Gasteiger partial charge in [0.15, 0.2) is 5.11 Å². The Bertz CT molecular complexity index is 1060. The molecule has 164 valence electrons. The molecule has 0 amide bonds. The van der Waals surface area contributed by atoms with Crippen LogP contribution in [0.3, 0.4) is 0 Å². The minimum Gasteiger partial charge on any atom is -0.465 e. The van der Waals surface area contributed by atoms with Crippen molar-refractivity contribution in [3.05, 3.63) is 68.8 Å². The normalized spacial score (nSPS) is 10.7. The van der Waals surface area contributed by atoms with Crippen LogP contribution in [0.1, 0.15) is 38.6 Å². The summed E-state index contributed by atoms with van der Waals surface area (Å²) in [7, 11) is 1.38. The molecule has 3 aromatic rings. The van der Waals surface area contributed by atoms with E-state index in [1.54, 1.807) is 0 Å². The van der Waals surface area contributed by atoms with Crippen LogP contribution in [0.25, 0.3) is 0 Å². The van der Waals surface area contributed by atoms with Gasteiger partial charge in [-0.2, -0.15) is 5.10 Å². The molecule has 9 heteroatoms. The molecule has 0 unspecified atom stereocenters. The monoisotopic (exact) mass is 476 g/mol. The number of nitrogens with one attached hydrogen (secondary N) is 2. The highest BCUT2D eigenvalue weighted by molar-refractivity contribution is 7.80. The molecule has 2 heterocycles. The molecule has 1 aromatic carbocycles. The quantitative estimate of drug-likeness (QED) is 0.272. The number of benzene rings is 1. The number of hydrogen-bond donors (Lipinski definition) is 2. The summed E-state index contributed by atoms with van der Waals surface area (Å²) < 4.78 is 6.84. The van der Waals surface area contributed by atoms with Gasteiger partial charge in [0.2, 0.25) is 0 Å². The SMILES string of the molecule is COC(=O)c1cc(Cc2ccccc2)sc1NC(=S)NCCCn1nc(C)c(Cl)c1C. The minimum absolute atomic E-state index is 0.387. The van der Waals surface area contributed by atoms with Crippen LogP contribution in [0.2, 0.25) is 5.02 Å². The molecule has 0 spiro atoms. The molecule has 0 fully saturated rings. The van der Waals surface area contributed by atoms with E-state index in [1.165, 1.54) is 24.0 Å². The second-order valence-corrected chi connectivity index (χ2v) is 8.97. The number of thiophene rings is 1. The third kappa shape index (κ3) is 6.06. The number of aromatic nitrogens is 2. The van der Waals surface area contributed by atoms with Crippen molar-refractivity contribution in [2.75, 3.05) is 19.0 Å². The number of esters is 1. The zero-order chi connectivity index (χ0) is 22.4. The van der Waals surface area contributed by atoms with Gasteiger partial charge in [0.1, 0.15) is 5.00 Å². The number of carbonyl (C=O) groups is 1. The van der Waals surface area contributed by atoms with Gasteiger partial charge in [-0.1, -0.05) is 41.9 Å². The number of ether oxygens (including phenoxy) is 1. The Morgan fingerprint density at radius 3 is 2.68 bits per heavy atom. The molecule has 2 aromatic heterocycles. The van der Waals surface area contributed by atoms with Gasteiger partial charge in [0.05, 0.1) is 29.1 Å². The summed E-state index contributed by atoms with van der Waals surface area (Å²) in [6, 6.07) is 12.0. The van der Waals surface area contributed by atoms with Crippen molar-refractivity contribution in [2.24, 2.45) is 0 Å². The van der Waals surface area contributed by atoms with Gasteiger partial charge in [-0.25, -0.2) is 4.79 Å². The number of hydrogen-bond acceptors (Lipinski definition) is 5. The van der Waals surface area contributed by atoms with E-state index in [0.29, 0.717) is 27.2 Å².